The molecule has 1 aromatic heterocycles. The zero-order valence-electron chi connectivity index (χ0n) is 12.0. The Morgan fingerprint density at radius 2 is 1.95 bits per heavy atom. The predicted octanol–water partition coefficient (Wildman–Crippen LogP) is 4.50. The normalized spacial score (nSPS) is 15.8. The van der Waals surface area contributed by atoms with Crippen molar-refractivity contribution in [3.05, 3.63) is 41.5 Å². The Labute approximate surface area is 118 Å². The first-order valence-electron chi connectivity index (χ1n) is 7.21. The second-order valence-electron chi connectivity index (χ2n) is 5.69. The van der Waals surface area contributed by atoms with E-state index in [2.05, 4.69) is 21.1 Å². The number of hydrogen-bond acceptors (Lipinski definition) is 2. The number of aryl methyl sites for hydroxylation is 2. The molecular weight excluding hydrogens is 253 g/mol. The van der Waals surface area contributed by atoms with Crippen LogP contribution in [0.1, 0.15) is 43.0 Å². The zero-order valence-corrected chi connectivity index (χ0v) is 12.0. The molecule has 1 aliphatic carbocycles. The van der Waals surface area contributed by atoms with Crippen LogP contribution in [0.4, 0.5) is 16.0 Å². The van der Waals surface area contributed by atoms with Gasteiger partial charge in [-0.2, -0.15) is 0 Å². The number of hydrogen-bond donors (Lipinski definition) is 1. The highest BCUT2D eigenvalue weighted by atomic mass is 19.1. The molecule has 3 nitrogen and oxygen atoms in total. The van der Waals surface area contributed by atoms with Crippen molar-refractivity contribution in [3.63, 3.8) is 0 Å². The second-order valence-corrected chi connectivity index (χ2v) is 5.69. The van der Waals surface area contributed by atoms with Crippen LogP contribution >= 0.6 is 0 Å². The third-order valence-corrected chi connectivity index (χ3v) is 3.87. The van der Waals surface area contributed by atoms with Gasteiger partial charge >= 0.3 is 0 Å². The van der Waals surface area contributed by atoms with E-state index in [0.29, 0.717) is 6.04 Å². The van der Waals surface area contributed by atoms with Crippen LogP contribution in [0, 0.1) is 19.7 Å². The predicted molar refractivity (Wildman–Crippen MR) is 78.9 cm³/mol. The molecule has 20 heavy (non-hydrogen) atoms. The average molecular weight is 273 g/mol. The number of rotatable bonds is 3. The third kappa shape index (κ3) is 2.69. The summed E-state index contributed by atoms with van der Waals surface area (Å²) >= 11 is 0. The average Bonchev–Trinajstić information content (AvgIpc) is 2.97. The first kappa shape index (κ1) is 13.2. The number of nitrogens with one attached hydrogen (secondary N) is 1. The van der Waals surface area contributed by atoms with Crippen LogP contribution in [0.25, 0.3) is 0 Å². The molecule has 0 saturated heterocycles. The van der Waals surface area contributed by atoms with E-state index in [4.69, 9.17) is 0 Å². The van der Waals surface area contributed by atoms with Crippen LogP contribution < -0.4 is 5.32 Å². The SMILES string of the molecule is Cc1cc(F)cc(Nc2nc(C)cn2C2CCCC2)c1. The monoisotopic (exact) mass is 273 g/mol. The molecule has 2 aromatic rings. The highest BCUT2D eigenvalue weighted by Crippen LogP contribution is 2.33. The van der Waals surface area contributed by atoms with E-state index < -0.39 is 0 Å². The lowest BCUT2D eigenvalue weighted by Gasteiger charge is -2.16. The molecule has 1 N–H and O–H groups in total. The summed E-state index contributed by atoms with van der Waals surface area (Å²) < 4.78 is 15.7. The molecule has 0 aliphatic heterocycles. The molecule has 0 bridgehead atoms. The number of benzene rings is 1. The molecule has 4 heteroatoms. The second kappa shape index (κ2) is 5.27. The quantitative estimate of drug-likeness (QED) is 0.892. The summed E-state index contributed by atoms with van der Waals surface area (Å²) in [6, 6.07) is 5.50. The Kier molecular flexibility index (Phi) is 3.47. The van der Waals surface area contributed by atoms with Gasteiger partial charge < -0.3 is 9.88 Å². The van der Waals surface area contributed by atoms with Crippen molar-refractivity contribution in [1.29, 1.82) is 0 Å². The fourth-order valence-electron chi connectivity index (χ4n) is 3.01. The van der Waals surface area contributed by atoms with Crippen molar-refractivity contribution in [2.45, 2.75) is 45.6 Å². The molecule has 1 heterocycles. The molecule has 0 radical (unpaired) electrons. The van der Waals surface area contributed by atoms with Gasteiger partial charge in [0.1, 0.15) is 5.82 Å². The number of halogens is 1. The van der Waals surface area contributed by atoms with Gasteiger partial charge in [0.05, 0.1) is 5.69 Å². The summed E-state index contributed by atoms with van der Waals surface area (Å²) in [7, 11) is 0. The Morgan fingerprint density at radius 3 is 2.65 bits per heavy atom. The van der Waals surface area contributed by atoms with E-state index in [0.717, 1.165) is 22.9 Å². The Hall–Kier alpha value is -1.84. The summed E-state index contributed by atoms with van der Waals surface area (Å²) in [4.78, 5) is 4.54. The zero-order chi connectivity index (χ0) is 14.1. The van der Waals surface area contributed by atoms with Crippen LogP contribution in [-0.2, 0) is 0 Å². The maximum Gasteiger partial charge on any atom is 0.207 e. The minimum Gasteiger partial charge on any atom is -0.325 e. The largest absolute Gasteiger partial charge is 0.325 e. The van der Waals surface area contributed by atoms with Crippen molar-refractivity contribution < 1.29 is 4.39 Å². The number of aromatic nitrogens is 2. The van der Waals surface area contributed by atoms with Crippen molar-refractivity contribution in [2.24, 2.45) is 0 Å². The molecule has 0 unspecified atom stereocenters. The van der Waals surface area contributed by atoms with Gasteiger partial charge in [0.25, 0.3) is 0 Å². The minimum atomic E-state index is -0.219. The van der Waals surface area contributed by atoms with E-state index in [-0.39, 0.29) is 5.82 Å². The lowest BCUT2D eigenvalue weighted by atomic mass is 10.2. The van der Waals surface area contributed by atoms with Crippen molar-refractivity contribution in [3.8, 4) is 0 Å². The summed E-state index contributed by atoms with van der Waals surface area (Å²) in [5.41, 5.74) is 2.66. The molecule has 3 rings (SSSR count). The Balaban J connectivity index is 1.89. The smallest absolute Gasteiger partial charge is 0.207 e. The molecule has 1 fully saturated rings. The lowest BCUT2D eigenvalue weighted by molar-refractivity contribution is 0.524. The van der Waals surface area contributed by atoms with Crippen molar-refractivity contribution in [2.75, 3.05) is 5.32 Å². The minimum absolute atomic E-state index is 0.219. The van der Waals surface area contributed by atoms with Crippen LogP contribution in [0.5, 0.6) is 0 Å². The molecular formula is C16H20FN3. The van der Waals surface area contributed by atoms with Gasteiger partial charge in [0, 0.05) is 17.9 Å². The van der Waals surface area contributed by atoms with Gasteiger partial charge in [-0.05, 0) is 50.5 Å². The third-order valence-electron chi connectivity index (χ3n) is 3.87. The van der Waals surface area contributed by atoms with Crippen LogP contribution in [-0.4, -0.2) is 9.55 Å². The first-order valence-corrected chi connectivity index (χ1v) is 7.21. The Morgan fingerprint density at radius 1 is 1.20 bits per heavy atom. The van der Waals surface area contributed by atoms with Gasteiger partial charge in [-0.1, -0.05) is 12.8 Å². The molecule has 106 valence electrons. The number of imidazole rings is 1. The van der Waals surface area contributed by atoms with Crippen molar-refractivity contribution in [1.82, 2.24) is 9.55 Å². The Bertz CT molecular complexity index is 592. The molecule has 0 atom stereocenters. The lowest BCUT2D eigenvalue weighted by Crippen LogP contribution is -2.08. The van der Waals surface area contributed by atoms with E-state index >= 15 is 0 Å². The molecule has 1 aromatic carbocycles. The fraction of sp³-hybridized carbons (Fsp3) is 0.438. The highest BCUT2D eigenvalue weighted by molar-refractivity contribution is 5.55. The topological polar surface area (TPSA) is 29.9 Å². The van der Waals surface area contributed by atoms with Crippen LogP contribution in [0.15, 0.2) is 24.4 Å². The van der Waals surface area contributed by atoms with Crippen molar-refractivity contribution >= 4 is 11.6 Å². The number of nitrogens with zero attached hydrogens (tertiary/aromatic N) is 2. The van der Waals surface area contributed by atoms with E-state index in [1.54, 1.807) is 0 Å². The molecule has 0 spiro atoms. The van der Waals surface area contributed by atoms with Gasteiger partial charge in [-0.15, -0.1) is 0 Å². The summed E-state index contributed by atoms with van der Waals surface area (Å²) in [5, 5.41) is 3.26. The summed E-state index contributed by atoms with van der Waals surface area (Å²) in [5.74, 6) is 0.600. The maximum atomic E-state index is 13.5. The van der Waals surface area contributed by atoms with Gasteiger partial charge in [0.2, 0.25) is 5.95 Å². The highest BCUT2D eigenvalue weighted by Gasteiger charge is 2.20. The fourth-order valence-corrected chi connectivity index (χ4v) is 3.01. The molecule has 1 saturated carbocycles. The van der Waals surface area contributed by atoms with E-state index in [1.807, 2.05) is 19.9 Å². The maximum absolute atomic E-state index is 13.5. The standard InChI is InChI=1S/C16H20FN3/c1-11-7-13(17)9-14(8-11)19-16-18-12(2)10-20(16)15-5-3-4-6-15/h7-10,15H,3-6H2,1-2H3,(H,18,19). The van der Waals surface area contributed by atoms with Gasteiger partial charge in [-0.3, -0.25) is 0 Å². The number of anilines is 2. The van der Waals surface area contributed by atoms with E-state index in [1.165, 1.54) is 37.8 Å². The first-order chi connectivity index (χ1) is 9.61. The van der Waals surface area contributed by atoms with E-state index in [9.17, 15) is 4.39 Å². The molecule has 1 aliphatic rings. The summed E-state index contributed by atoms with van der Waals surface area (Å²) in [6.45, 7) is 3.89. The van der Waals surface area contributed by atoms with Gasteiger partial charge in [0.15, 0.2) is 0 Å². The summed E-state index contributed by atoms with van der Waals surface area (Å²) in [6.07, 6.45) is 7.05. The van der Waals surface area contributed by atoms with Crippen LogP contribution in [0.3, 0.4) is 0 Å². The van der Waals surface area contributed by atoms with Crippen LogP contribution in [0.2, 0.25) is 0 Å². The van der Waals surface area contributed by atoms with Gasteiger partial charge in [-0.25, -0.2) is 9.37 Å². The molecule has 0 amide bonds.